The number of amides is 3. The summed E-state index contributed by atoms with van der Waals surface area (Å²) in [5, 5.41) is 20.9. The largest absolute Gasteiger partial charge is 0.397 e. The van der Waals surface area contributed by atoms with Crippen molar-refractivity contribution in [1.29, 1.82) is 5.26 Å². The average Bonchev–Trinajstić information content (AvgIpc) is 1.75. The van der Waals surface area contributed by atoms with Gasteiger partial charge in [-0.2, -0.15) is 5.26 Å². The lowest BCUT2D eigenvalue weighted by Crippen LogP contribution is -2.36. The molecule has 3 amide bonds. The van der Waals surface area contributed by atoms with Gasteiger partial charge in [-0.25, -0.2) is 32.5 Å². The van der Waals surface area contributed by atoms with Crippen LogP contribution >= 0.6 is 34.0 Å². The van der Waals surface area contributed by atoms with Gasteiger partial charge in [-0.05, 0) is 211 Å². The van der Waals surface area contributed by atoms with Crippen molar-refractivity contribution in [3.63, 3.8) is 0 Å². The van der Waals surface area contributed by atoms with E-state index in [0.29, 0.717) is 79.0 Å². The molecule has 6 unspecified atom stereocenters. The van der Waals surface area contributed by atoms with Gasteiger partial charge in [0.15, 0.2) is 0 Å². The summed E-state index contributed by atoms with van der Waals surface area (Å²) in [6.07, 6.45) is 11.7. The lowest BCUT2D eigenvalue weighted by atomic mass is 9.97. The maximum atomic E-state index is 14.7. The van der Waals surface area contributed by atoms with Crippen LogP contribution in [0.1, 0.15) is 133 Å². The first-order valence-corrected chi connectivity index (χ1v) is 35.1. The third kappa shape index (κ3) is 13.4. The molecule has 22 heteroatoms. The molecule has 9 aromatic rings. The molecule has 3 aromatic carbocycles. The maximum absolute atomic E-state index is 14.7. The van der Waals surface area contributed by atoms with E-state index in [0.717, 1.165) is 129 Å². The molecule has 94 heavy (non-hydrogen) atoms. The van der Waals surface area contributed by atoms with Crippen molar-refractivity contribution in [3.05, 3.63) is 162 Å². The van der Waals surface area contributed by atoms with Crippen LogP contribution in [0.5, 0.6) is 0 Å². The standard InChI is InChI=1S/C26H28N4OS.2C23H24F2N4OS.H2/c1-16-3-7-22-17(2)24(32-26(22)29-16)25(31)28-10-9-18-6-8-23(21(12-18)13-27)30-14-19-4-5-20(11-19)15-30;2*1-12-2-5-16-20(26)21(31-23(16)28-12)22(30)27-7-6-14-9-18(25)19(10-17(14)24)29-11-13-3-4-15(29)8-13;/h3,6-8,12,19-20H,4-5,9-11,14-15H2,1-2H3,(H,28,31);2*2,5,9-10,13,15H,3-4,6-8,11,26H2,1H3,(H,27,30);1H. The molecule has 9 heterocycles. The number of hydrogen-bond acceptors (Lipinski definition) is 15. The zero-order chi connectivity index (χ0) is 65.6. The minimum Gasteiger partial charge on any atom is -0.397 e. The number of nitrogens with zero attached hydrogens (tertiary/aromatic N) is 7. The number of aromatic nitrogens is 3. The number of benzene rings is 3. The first kappa shape index (κ1) is 64.3. The van der Waals surface area contributed by atoms with E-state index < -0.39 is 23.3 Å². The number of carbonyl (C=O) groups is 3. The van der Waals surface area contributed by atoms with Crippen molar-refractivity contribution in [2.45, 2.75) is 117 Å². The Morgan fingerprint density at radius 3 is 1.40 bits per heavy atom. The van der Waals surface area contributed by atoms with Crippen molar-refractivity contribution in [3.8, 4) is 6.07 Å². The normalized spacial score (nSPS) is 20.0. The van der Waals surface area contributed by atoms with Crippen LogP contribution in [-0.2, 0) is 19.3 Å². The summed E-state index contributed by atoms with van der Waals surface area (Å²) in [5.41, 5.74) is 20.8. The summed E-state index contributed by atoms with van der Waals surface area (Å²) in [5.74, 6) is 0.389. The Balaban J connectivity index is 0.000000136. The Kier molecular flexibility index (Phi) is 18.6. The smallest absolute Gasteiger partial charge is 0.263 e. The molecule has 6 atom stereocenters. The number of nitriles is 1. The van der Waals surface area contributed by atoms with E-state index in [1.807, 2.05) is 80.0 Å². The Morgan fingerprint density at radius 1 is 0.521 bits per heavy atom. The number of aryl methyl sites for hydroxylation is 4. The quantitative estimate of drug-likeness (QED) is 0.0607. The van der Waals surface area contributed by atoms with Gasteiger partial charge >= 0.3 is 0 Å². The first-order valence-electron chi connectivity index (χ1n) is 32.6. The monoisotopic (exact) mass is 1330 g/mol. The minimum absolute atomic E-state index is 0. The second kappa shape index (κ2) is 27.1. The van der Waals surface area contributed by atoms with Crippen LogP contribution in [0.2, 0.25) is 0 Å². The van der Waals surface area contributed by atoms with Gasteiger partial charge in [0.05, 0.1) is 38.9 Å². The maximum Gasteiger partial charge on any atom is 0.263 e. The lowest BCUT2D eigenvalue weighted by molar-refractivity contribution is 0.0949. The molecule has 490 valence electrons. The van der Waals surface area contributed by atoms with Crippen LogP contribution in [-0.4, -0.2) is 90.6 Å². The summed E-state index contributed by atoms with van der Waals surface area (Å²) in [6.45, 7) is 12.4. The SMILES string of the molecule is Cc1ccc2c(C)c(C(=O)NCCc3ccc(N4CC5CCC(C5)C4)c(C#N)c3)sc2n1.Cc1ccc2c(N)c(C(=O)NCCc3cc(F)c(N4CC5CCC4C5)cc3F)sc2n1.Cc1ccc2c(N)c(C(=O)NCCc3cc(F)c(N4CC5CCC4C5)cc3F)sc2n1.[HH]. The number of hydrogen-bond donors (Lipinski definition) is 5. The highest BCUT2D eigenvalue weighted by atomic mass is 32.1. The van der Waals surface area contributed by atoms with Gasteiger partial charge in [-0.15, -0.1) is 34.0 Å². The van der Waals surface area contributed by atoms with Crippen LogP contribution in [0.15, 0.2) is 78.9 Å². The fourth-order valence-electron chi connectivity index (χ4n) is 15.0. The number of nitrogen functional groups attached to an aromatic ring is 2. The van der Waals surface area contributed by atoms with E-state index in [-0.39, 0.29) is 56.2 Å². The van der Waals surface area contributed by atoms with Gasteiger partial charge in [0.25, 0.3) is 17.7 Å². The van der Waals surface area contributed by atoms with Crippen molar-refractivity contribution < 1.29 is 33.4 Å². The molecule has 15 nitrogen and oxygen atoms in total. The minimum atomic E-state index is -0.436. The van der Waals surface area contributed by atoms with Gasteiger partial charge in [-0.1, -0.05) is 6.07 Å². The third-order valence-corrected chi connectivity index (χ3v) is 23.3. The fourth-order valence-corrected chi connectivity index (χ4v) is 18.3. The Morgan fingerprint density at radius 2 is 0.947 bits per heavy atom. The van der Waals surface area contributed by atoms with Gasteiger partial charge in [0.1, 0.15) is 53.6 Å². The van der Waals surface area contributed by atoms with Gasteiger partial charge in [-0.3, -0.25) is 14.4 Å². The van der Waals surface area contributed by atoms with Crippen molar-refractivity contribution in [2.24, 2.45) is 23.7 Å². The molecule has 0 spiro atoms. The number of rotatable bonds is 15. The zero-order valence-corrected chi connectivity index (χ0v) is 55.6. The van der Waals surface area contributed by atoms with Gasteiger partial charge in [0, 0.05) is 105 Å². The highest BCUT2D eigenvalue weighted by Crippen LogP contribution is 2.44. The number of fused-ring (bicyclic) bond motifs is 9. The average molecular weight is 1330 g/mol. The number of pyridine rings is 3. The molecule has 15 rings (SSSR count). The molecule has 6 fully saturated rings. The van der Waals surface area contributed by atoms with E-state index in [1.165, 1.54) is 90.4 Å². The predicted molar refractivity (Wildman–Crippen MR) is 371 cm³/mol. The van der Waals surface area contributed by atoms with Crippen LogP contribution < -0.4 is 42.1 Å². The van der Waals surface area contributed by atoms with E-state index >= 15 is 0 Å². The number of thiophene rings is 3. The topological polar surface area (TPSA) is 212 Å². The second-order valence-electron chi connectivity index (χ2n) is 26.4. The molecule has 7 N–H and O–H groups in total. The molecular formula is C72H78F4N12O3S3. The third-order valence-electron chi connectivity index (χ3n) is 19.9. The van der Waals surface area contributed by atoms with E-state index in [2.05, 4.69) is 54.0 Å². The molecule has 6 aromatic heterocycles. The summed E-state index contributed by atoms with van der Waals surface area (Å²) in [7, 11) is 0. The molecule has 3 aliphatic heterocycles. The fraction of sp³-hybridized carbons (Fsp3) is 0.403. The van der Waals surface area contributed by atoms with E-state index in [4.69, 9.17) is 11.5 Å². The molecular weight excluding hydrogens is 1250 g/mol. The van der Waals surface area contributed by atoms with Crippen molar-refractivity contribution in [2.75, 3.05) is 72.0 Å². The molecule has 6 bridgehead atoms. The highest BCUT2D eigenvalue weighted by Gasteiger charge is 2.41. The Hall–Kier alpha value is -8.39. The first-order chi connectivity index (χ1) is 45.3. The predicted octanol–water partition coefficient (Wildman–Crippen LogP) is 14.1. The number of carbonyl (C=O) groups excluding carboxylic acids is 3. The van der Waals surface area contributed by atoms with Gasteiger partial charge < -0.3 is 42.1 Å². The van der Waals surface area contributed by atoms with Crippen molar-refractivity contribution >= 4 is 111 Å². The lowest BCUT2D eigenvalue weighted by Gasteiger charge is -2.34. The number of nitrogens with one attached hydrogen (secondary N) is 3. The number of halogens is 4. The molecule has 3 aliphatic carbocycles. The highest BCUT2D eigenvalue weighted by molar-refractivity contribution is 7.21. The molecule has 3 saturated heterocycles. The van der Waals surface area contributed by atoms with Crippen molar-refractivity contribution in [1.82, 2.24) is 30.9 Å². The Bertz CT molecular complexity index is 4280. The summed E-state index contributed by atoms with van der Waals surface area (Å²) in [6, 6.07) is 25.8. The Labute approximate surface area is 557 Å². The van der Waals surface area contributed by atoms with Crippen LogP contribution in [0.3, 0.4) is 0 Å². The molecule has 0 radical (unpaired) electrons. The van der Waals surface area contributed by atoms with E-state index in [9.17, 15) is 37.2 Å². The number of nitrogens with two attached hydrogens (primary N) is 2. The summed E-state index contributed by atoms with van der Waals surface area (Å²) >= 11 is 3.91. The molecule has 6 aliphatic rings. The van der Waals surface area contributed by atoms with Gasteiger partial charge in [0.2, 0.25) is 0 Å². The van der Waals surface area contributed by atoms with Crippen LogP contribution in [0, 0.1) is 86.0 Å². The van der Waals surface area contributed by atoms with E-state index in [1.54, 1.807) is 0 Å². The zero-order valence-electron chi connectivity index (χ0n) is 53.2. The molecule has 3 saturated carbocycles. The number of anilines is 5. The summed E-state index contributed by atoms with van der Waals surface area (Å²) < 4.78 is 58.9. The number of piperidine rings is 3. The second-order valence-corrected chi connectivity index (χ2v) is 29.4. The van der Waals surface area contributed by atoms with Crippen LogP contribution in [0.4, 0.5) is 46.0 Å². The van der Waals surface area contributed by atoms with Crippen LogP contribution in [0.25, 0.3) is 30.6 Å². The summed E-state index contributed by atoms with van der Waals surface area (Å²) in [4.78, 5) is 61.6.